The number of nitrogens with one attached hydrogen (secondary N) is 1. The van der Waals surface area contributed by atoms with E-state index >= 15 is 0 Å². The average molecular weight is 383 g/mol. The Morgan fingerprint density at radius 1 is 1.25 bits per heavy atom. The van der Waals surface area contributed by atoms with E-state index in [0.717, 1.165) is 0 Å². The van der Waals surface area contributed by atoms with Gasteiger partial charge in [-0.05, 0) is 32.9 Å². The van der Waals surface area contributed by atoms with Crippen LogP contribution in [0.1, 0.15) is 47.9 Å². The largest absolute Gasteiger partial charge is 0.507 e. The molecule has 0 aliphatic carbocycles. The number of amides is 1. The quantitative estimate of drug-likeness (QED) is 0.768. The van der Waals surface area contributed by atoms with Gasteiger partial charge in [0.1, 0.15) is 28.4 Å². The molecule has 0 spiro atoms. The number of carbonyl (C=O) groups excluding carboxylic acids is 3. The van der Waals surface area contributed by atoms with Crippen LogP contribution in [0, 0.1) is 0 Å². The first-order valence-corrected chi connectivity index (χ1v) is 8.77. The van der Waals surface area contributed by atoms with Gasteiger partial charge in [0.2, 0.25) is 0 Å². The predicted molar refractivity (Wildman–Crippen MR) is 102 cm³/mol. The second-order valence-electron chi connectivity index (χ2n) is 7.25. The zero-order chi connectivity index (χ0) is 20.5. The minimum Gasteiger partial charge on any atom is -0.507 e. The summed E-state index contributed by atoms with van der Waals surface area (Å²) >= 11 is 0. The Morgan fingerprint density at radius 3 is 2.71 bits per heavy atom. The fourth-order valence-corrected chi connectivity index (χ4v) is 2.99. The topological polar surface area (TPSA) is 102 Å². The molecule has 0 unspecified atom stereocenters. The Morgan fingerprint density at radius 2 is 2.00 bits per heavy atom. The van der Waals surface area contributed by atoms with Gasteiger partial charge >= 0.3 is 0 Å². The molecule has 7 nitrogen and oxygen atoms in total. The van der Waals surface area contributed by atoms with Gasteiger partial charge in [-0.25, -0.2) is 0 Å². The molecule has 28 heavy (non-hydrogen) atoms. The molecule has 146 valence electrons. The number of hydrogen-bond donors (Lipinski definition) is 2. The van der Waals surface area contributed by atoms with Crippen molar-refractivity contribution in [2.75, 3.05) is 11.9 Å². The molecular weight excluding hydrogens is 362 g/mol. The summed E-state index contributed by atoms with van der Waals surface area (Å²) in [7, 11) is 0. The zero-order valence-electron chi connectivity index (χ0n) is 15.9. The number of rotatable bonds is 5. The molecule has 1 aliphatic heterocycles. The molecule has 0 saturated carbocycles. The van der Waals surface area contributed by atoms with Gasteiger partial charge < -0.3 is 19.9 Å². The number of ketones is 2. The molecular formula is C21H21NO6. The highest BCUT2D eigenvalue weighted by atomic mass is 16.5. The third-order valence-corrected chi connectivity index (χ3v) is 4.23. The summed E-state index contributed by atoms with van der Waals surface area (Å²) in [4.78, 5) is 35.8. The molecule has 0 bridgehead atoms. The highest BCUT2D eigenvalue weighted by molar-refractivity contribution is 6.03. The van der Waals surface area contributed by atoms with Crippen molar-refractivity contribution < 1.29 is 29.0 Å². The number of phenolic OH excluding ortho intramolecular Hbond substituents is 1. The maximum Gasteiger partial charge on any atom is 0.262 e. The summed E-state index contributed by atoms with van der Waals surface area (Å²) in [6, 6.07) is 9.33. The van der Waals surface area contributed by atoms with Gasteiger partial charge in [0, 0.05) is 23.4 Å². The lowest BCUT2D eigenvalue weighted by molar-refractivity contribution is -0.118. The maximum absolute atomic E-state index is 12.2. The number of Topliss-reactive ketones (excluding diaryl/α,β-unsaturated/α-hetero) is 2. The van der Waals surface area contributed by atoms with Crippen LogP contribution in [-0.2, 0) is 4.79 Å². The van der Waals surface area contributed by atoms with Crippen molar-refractivity contribution in [2.45, 2.75) is 32.8 Å². The number of aromatic hydroxyl groups is 1. The van der Waals surface area contributed by atoms with Crippen molar-refractivity contribution in [3.05, 3.63) is 47.5 Å². The zero-order valence-corrected chi connectivity index (χ0v) is 15.9. The summed E-state index contributed by atoms with van der Waals surface area (Å²) in [6.45, 7) is 4.68. The first kappa shape index (κ1) is 19.4. The van der Waals surface area contributed by atoms with Crippen molar-refractivity contribution in [3.8, 4) is 17.2 Å². The molecule has 1 aliphatic rings. The fourth-order valence-electron chi connectivity index (χ4n) is 2.99. The summed E-state index contributed by atoms with van der Waals surface area (Å²) in [5.74, 6) is -0.564. The maximum atomic E-state index is 12.2. The second kappa shape index (κ2) is 7.34. The van der Waals surface area contributed by atoms with E-state index in [1.54, 1.807) is 38.1 Å². The first-order chi connectivity index (χ1) is 13.1. The van der Waals surface area contributed by atoms with Crippen LogP contribution in [0.25, 0.3) is 0 Å². The molecule has 0 atom stereocenters. The van der Waals surface area contributed by atoms with Crippen molar-refractivity contribution in [2.24, 2.45) is 0 Å². The molecule has 2 aromatic carbocycles. The van der Waals surface area contributed by atoms with Crippen LogP contribution in [0.2, 0.25) is 0 Å². The van der Waals surface area contributed by atoms with Crippen LogP contribution >= 0.6 is 0 Å². The highest BCUT2D eigenvalue weighted by Gasteiger charge is 2.35. The number of anilines is 1. The van der Waals surface area contributed by atoms with E-state index in [0.29, 0.717) is 11.3 Å². The minimum absolute atomic E-state index is 0.102. The minimum atomic E-state index is -0.686. The van der Waals surface area contributed by atoms with Crippen LogP contribution in [0.4, 0.5) is 5.69 Å². The smallest absolute Gasteiger partial charge is 0.262 e. The van der Waals surface area contributed by atoms with E-state index in [9.17, 15) is 19.5 Å². The molecule has 1 amide bonds. The van der Waals surface area contributed by atoms with E-state index in [4.69, 9.17) is 9.47 Å². The van der Waals surface area contributed by atoms with Gasteiger partial charge in [0.15, 0.2) is 18.2 Å². The van der Waals surface area contributed by atoms with Gasteiger partial charge in [-0.2, -0.15) is 0 Å². The molecule has 0 fully saturated rings. The first-order valence-electron chi connectivity index (χ1n) is 8.77. The summed E-state index contributed by atoms with van der Waals surface area (Å²) in [5.41, 5.74) is 0.402. The SMILES string of the molecule is CC(=O)c1cccc(NC(=O)COc2cc(O)c3c(c2)OC(C)(C)CC3=O)c1. The van der Waals surface area contributed by atoms with Gasteiger partial charge in [-0.15, -0.1) is 0 Å². The second-order valence-corrected chi connectivity index (χ2v) is 7.25. The van der Waals surface area contributed by atoms with E-state index in [2.05, 4.69) is 5.32 Å². The van der Waals surface area contributed by atoms with Gasteiger partial charge in [0.05, 0.1) is 6.42 Å². The van der Waals surface area contributed by atoms with Crippen LogP contribution in [0.5, 0.6) is 17.2 Å². The van der Waals surface area contributed by atoms with Crippen LogP contribution in [0.3, 0.4) is 0 Å². The van der Waals surface area contributed by atoms with Crippen molar-refractivity contribution in [1.29, 1.82) is 0 Å². The Labute approximate surface area is 162 Å². The monoisotopic (exact) mass is 383 g/mol. The molecule has 0 saturated heterocycles. The lowest BCUT2D eigenvalue weighted by Crippen LogP contribution is -2.35. The number of phenols is 1. The summed E-state index contributed by atoms with van der Waals surface area (Å²) in [5, 5.41) is 12.8. The Hall–Kier alpha value is -3.35. The van der Waals surface area contributed by atoms with Crippen molar-refractivity contribution >= 4 is 23.2 Å². The van der Waals surface area contributed by atoms with Crippen molar-refractivity contribution in [1.82, 2.24) is 0 Å². The fraction of sp³-hybridized carbons (Fsp3) is 0.286. The van der Waals surface area contributed by atoms with Crippen molar-refractivity contribution in [3.63, 3.8) is 0 Å². The number of benzene rings is 2. The normalized spacial score (nSPS) is 14.6. The van der Waals surface area contributed by atoms with E-state index < -0.39 is 11.5 Å². The molecule has 2 aromatic rings. The summed E-state index contributed by atoms with van der Waals surface area (Å²) < 4.78 is 11.2. The molecule has 1 heterocycles. The molecule has 7 heteroatoms. The number of hydrogen-bond acceptors (Lipinski definition) is 6. The van der Waals surface area contributed by atoms with E-state index in [1.165, 1.54) is 19.1 Å². The van der Waals surface area contributed by atoms with Crippen LogP contribution < -0.4 is 14.8 Å². The molecule has 3 rings (SSSR count). The number of carbonyl (C=O) groups is 3. The highest BCUT2D eigenvalue weighted by Crippen LogP contribution is 2.40. The number of fused-ring (bicyclic) bond motifs is 1. The lowest BCUT2D eigenvalue weighted by Gasteiger charge is -2.32. The lowest BCUT2D eigenvalue weighted by atomic mass is 9.92. The standard InChI is InChI=1S/C21H21NO6/c1-12(23)13-5-4-6-14(7-13)22-19(26)11-27-15-8-16(24)20-17(25)10-21(2,3)28-18(20)9-15/h4-9,24H,10-11H2,1-3H3,(H,22,26). The average Bonchev–Trinajstić information content (AvgIpc) is 2.58. The van der Waals surface area contributed by atoms with Crippen LogP contribution in [0.15, 0.2) is 36.4 Å². The Kier molecular flexibility index (Phi) is 5.09. The molecule has 0 radical (unpaired) electrons. The third-order valence-electron chi connectivity index (χ3n) is 4.23. The summed E-state index contributed by atoms with van der Waals surface area (Å²) in [6.07, 6.45) is 0.162. The predicted octanol–water partition coefficient (Wildman–Crippen LogP) is 3.36. The molecule has 0 aromatic heterocycles. The third kappa shape index (κ3) is 4.31. The van der Waals surface area contributed by atoms with Gasteiger partial charge in [0.25, 0.3) is 5.91 Å². The van der Waals surface area contributed by atoms with Crippen LogP contribution in [-0.4, -0.2) is 34.8 Å². The van der Waals surface area contributed by atoms with E-state index in [-0.39, 0.29) is 47.4 Å². The van der Waals surface area contributed by atoms with Gasteiger partial charge in [-0.1, -0.05) is 12.1 Å². The molecule has 2 N–H and O–H groups in total. The number of ether oxygens (including phenoxy) is 2. The van der Waals surface area contributed by atoms with Gasteiger partial charge in [-0.3, -0.25) is 14.4 Å². The Balaban J connectivity index is 1.69. The Bertz CT molecular complexity index is 963. The van der Waals surface area contributed by atoms with E-state index in [1.807, 2.05) is 0 Å².